The summed E-state index contributed by atoms with van der Waals surface area (Å²) in [5.74, 6) is -0.489. The van der Waals surface area contributed by atoms with Crippen molar-refractivity contribution in [3.63, 3.8) is 0 Å². The molecule has 0 bridgehead atoms. The van der Waals surface area contributed by atoms with E-state index in [1.807, 2.05) is 13.8 Å². The highest BCUT2D eigenvalue weighted by Gasteiger charge is 2.22. The number of hydrogen-bond acceptors (Lipinski definition) is 5. The monoisotopic (exact) mass is 403 g/mol. The van der Waals surface area contributed by atoms with E-state index in [4.69, 9.17) is 32.7 Å². The third-order valence-corrected chi connectivity index (χ3v) is 5.99. The molecule has 0 aliphatic rings. The molecule has 0 fully saturated rings. The van der Waals surface area contributed by atoms with Crippen LogP contribution < -0.4 is 10.1 Å². The summed E-state index contributed by atoms with van der Waals surface area (Å²) >= 11 is 13.6. The zero-order valence-electron chi connectivity index (χ0n) is 14.2. The van der Waals surface area contributed by atoms with Gasteiger partial charge < -0.3 is 14.8 Å². The first-order chi connectivity index (χ1) is 11.9. The summed E-state index contributed by atoms with van der Waals surface area (Å²) in [5.41, 5.74) is 0. The number of methoxy groups -OCH3 is 1. The van der Waals surface area contributed by atoms with Crippen LogP contribution in [-0.4, -0.2) is 31.6 Å². The van der Waals surface area contributed by atoms with Gasteiger partial charge in [0.2, 0.25) is 0 Å². The third kappa shape index (κ3) is 4.37. The number of nitrogens with one attached hydrogen (secondary N) is 1. The van der Waals surface area contributed by atoms with Crippen molar-refractivity contribution >= 4 is 56.5 Å². The SMILES string of the molecule is CCC(CC)NC(=O)COC(=O)c1sc2c(Cl)c(OC)ccc2c1Cl. The van der Waals surface area contributed by atoms with Crippen molar-refractivity contribution in [1.82, 2.24) is 5.32 Å². The molecule has 5 nitrogen and oxygen atoms in total. The summed E-state index contributed by atoms with van der Waals surface area (Å²) in [4.78, 5) is 24.3. The van der Waals surface area contributed by atoms with Crippen molar-refractivity contribution in [3.8, 4) is 5.75 Å². The van der Waals surface area contributed by atoms with Gasteiger partial charge in [0.1, 0.15) is 15.6 Å². The van der Waals surface area contributed by atoms with Crippen LogP contribution >= 0.6 is 34.5 Å². The molecule has 1 heterocycles. The van der Waals surface area contributed by atoms with Crippen molar-refractivity contribution in [2.24, 2.45) is 0 Å². The predicted molar refractivity (Wildman–Crippen MR) is 101 cm³/mol. The molecule has 2 rings (SSSR count). The Balaban J connectivity index is 2.13. The van der Waals surface area contributed by atoms with Gasteiger partial charge in [-0.2, -0.15) is 0 Å². The lowest BCUT2D eigenvalue weighted by molar-refractivity contribution is -0.125. The Morgan fingerprint density at radius 1 is 1.20 bits per heavy atom. The van der Waals surface area contributed by atoms with Crippen LogP contribution in [0.1, 0.15) is 36.4 Å². The minimum Gasteiger partial charge on any atom is -0.495 e. The van der Waals surface area contributed by atoms with Crippen LogP contribution in [0.3, 0.4) is 0 Å². The molecule has 136 valence electrons. The van der Waals surface area contributed by atoms with Crippen molar-refractivity contribution in [2.75, 3.05) is 13.7 Å². The number of esters is 1. The number of carbonyl (C=O) groups excluding carboxylic acids is 2. The second-order valence-corrected chi connectivity index (χ2v) is 7.14. The number of halogens is 2. The van der Waals surface area contributed by atoms with E-state index in [0.29, 0.717) is 20.9 Å². The molecular weight excluding hydrogens is 385 g/mol. The van der Waals surface area contributed by atoms with Crippen LogP contribution in [0.15, 0.2) is 12.1 Å². The summed E-state index contributed by atoms with van der Waals surface area (Å²) in [5, 5.41) is 4.10. The molecule has 1 amide bonds. The number of thiophene rings is 1. The average molecular weight is 404 g/mol. The molecule has 0 saturated heterocycles. The Hall–Kier alpha value is -1.50. The fourth-order valence-corrected chi connectivity index (χ4v) is 4.11. The van der Waals surface area contributed by atoms with Gasteiger partial charge in [0.15, 0.2) is 6.61 Å². The van der Waals surface area contributed by atoms with Gasteiger partial charge in [-0.05, 0) is 25.0 Å². The normalized spacial score (nSPS) is 11.0. The van der Waals surface area contributed by atoms with Crippen molar-refractivity contribution in [3.05, 3.63) is 27.1 Å². The number of rotatable bonds is 7. The topological polar surface area (TPSA) is 64.6 Å². The summed E-state index contributed by atoms with van der Waals surface area (Å²) in [6.07, 6.45) is 1.64. The standard InChI is InChI=1S/C17H19Cl2NO4S/c1-4-9(5-2)20-12(21)8-24-17(22)16-13(18)10-6-7-11(23-3)14(19)15(10)25-16/h6-7,9H,4-5,8H2,1-3H3,(H,20,21). The molecule has 8 heteroatoms. The molecule has 1 N–H and O–H groups in total. The Morgan fingerprint density at radius 3 is 2.48 bits per heavy atom. The maximum absolute atomic E-state index is 12.3. The number of amides is 1. The van der Waals surface area contributed by atoms with E-state index in [2.05, 4.69) is 5.32 Å². The van der Waals surface area contributed by atoms with Crippen molar-refractivity contribution in [1.29, 1.82) is 0 Å². The van der Waals surface area contributed by atoms with Crippen LogP contribution in [0.25, 0.3) is 10.1 Å². The van der Waals surface area contributed by atoms with Gasteiger partial charge in [-0.15, -0.1) is 11.3 Å². The molecule has 2 aromatic rings. The Morgan fingerprint density at radius 2 is 1.88 bits per heavy atom. The maximum atomic E-state index is 12.3. The number of fused-ring (bicyclic) bond motifs is 1. The van der Waals surface area contributed by atoms with Crippen molar-refractivity contribution < 1.29 is 19.1 Å². The van der Waals surface area contributed by atoms with Gasteiger partial charge in [0.25, 0.3) is 5.91 Å². The van der Waals surface area contributed by atoms with Crippen LogP contribution in [0, 0.1) is 0 Å². The van der Waals surface area contributed by atoms with Gasteiger partial charge in [-0.25, -0.2) is 4.79 Å². The summed E-state index contributed by atoms with van der Waals surface area (Å²) < 4.78 is 10.9. The third-order valence-electron chi connectivity index (χ3n) is 3.79. The second-order valence-electron chi connectivity index (χ2n) is 5.36. The largest absolute Gasteiger partial charge is 0.495 e. The Kier molecular flexibility index (Phi) is 6.93. The first kappa shape index (κ1) is 19.8. The van der Waals surface area contributed by atoms with E-state index < -0.39 is 5.97 Å². The first-order valence-electron chi connectivity index (χ1n) is 7.83. The van der Waals surface area contributed by atoms with E-state index in [-0.39, 0.29) is 28.5 Å². The fraction of sp³-hybridized carbons (Fsp3) is 0.412. The van der Waals surface area contributed by atoms with Gasteiger partial charge in [-0.3, -0.25) is 4.79 Å². The molecule has 0 unspecified atom stereocenters. The van der Waals surface area contributed by atoms with E-state index in [1.54, 1.807) is 12.1 Å². The highest BCUT2D eigenvalue weighted by molar-refractivity contribution is 7.22. The van der Waals surface area contributed by atoms with Gasteiger partial charge >= 0.3 is 5.97 Å². The molecule has 0 spiro atoms. The molecule has 25 heavy (non-hydrogen) atoms. The highest BCUT2D eigenvalue weighted by atomic mass is 35.5. The Bertz CT molecular complexity index is 787. The van der Waals surface area contributed by atoms with E-state index in [1.165, 1.54) is 7.11 Å². The minimum absolute atomic E-state index is 0.0744. The lowest BCUT2D eigenvalue weighted by Crippen LogP contribution is -2.36. The van der Waals surface area contributed by atoms with Gasteiger partial charge in [0.05, 0.1) is 16.8 Å². The smallest absolute Gasteiger partial charge is 0.350 e. The Labute approximate surface area is 160 Å². The van der Waals surface area contributed by atoms with E-state index in [0.717, 1.165) is 24.2 Å². The average Bonchev–Trinajstić information content (AvgIpc) is 2.95. The zero-order valence-corrected chi connectivity index (χ0v) is 16.5. The van der Waals surface area contributed by atoms with Crippen LogP contribution in [0.2, 0.25) is 10.0 Å². The first-order valence-corrected chi connectivity index (χ1v) is 9.41. The molecule has 0 aliphatic carbocycles. The van der Waals surface area contributed by atoms with Gasteiger partial charge in [0, 0.05) is 11.4 Å². The quantitative estimate of drug-likeness (QED) is 0.681. The van der Waals surface area contributed by atoms with Crippen molar-refractivity contribution in [2.45, 2.75) is 32.7 Å². The molecular formula is C17H19Cl2NO4S. The number of ether oxygens (including phenoxy) is 2. The number of carbonyl (C=O) groups is 2. The molecule has 0 aliphatic heterocycles. The highest BCUT2D eigenvalue weighted by Crippen LogP contribution is 2.43. The molecule has 0 radical (unpaired) electrons. The second kappa shape index (κ2) is 8.74. The summed E-state index contributed by atoms with van der Waals surface area (Å²) in [6.45, 7) is 3.61. The molecule has 0 atom stereocenters. The number of benzene rings is 1. The van der Waals surface area contributed by atoms with Gasteiger partial charge in [-0.1, -0.05) is 37.0 Å². The molecule has 1 aromatic carbocycles. The van der Waals surface area contributed by atoms with E-state index in [9.17, 15) is 9.59 Å². The molecule has 1 aromatic heterocycles. The fourth-order valence-electron chi connectivity index (χ4n) is 2.33. The lowest BCUT2D eigenvalue weighted by Gasteiger charge is -2.14. The minimum atomic E-state index is -0.652. The predicted octanol–water partition coefficient (Wildman–Crippen LogP) is 4.68. The number of hydrogen-bond donors (Lipinski definition) is 1. The van der Waals surface area contributed by atoms with Crippen LogP contribution in [-0.2, 0) is 9.53 Å². The summed E-state index contributed by atoms with van der Waals surface area (Å²) in [7, 11) is 1.51. The van der Waals surface area contributed by atoms with E-state index >= 15 is 0 Å². The maximum Gasteiger partial charge on any atom is 0.350 e. The summed E-state index contributed by atoms with van der Waals surface area (Å²) in [6, 6.07) is 3.49. The zero-order chi connectivity index (χ0) is 18.6. The van der Waals surface area contributed by atoms with Crippen LogP contribution in [0.4, 0.5) is 0 Å². The van der Waals surface area contributed by atoms with Crippen LogP contribution in [0.5, 0.6) is 5.75 Å². The molecule has 0 saturated carbocycles. The lowest BCUT2D eigenvalue weighted by atomic mass is 10.2.